The summed E-state index contributed by atoms with van der Waals surface area (Å²) in [6.45, 7) is 0. The number of ether oxygens (including phenoxy) is 1. The lowest BCUT2D eigenvalue weighted by Crippen LogP contribution is -1.96. The van der Waals surface area contributed by atoms with Gasteiger partial charge in [0.1, 0.15) is 23.0 Å². The van der Waals surface area contributed by atoms with Crippen molar-refractivity contribution in [2.75, 3.05) is 7.11 Å². The first-order valence-corrected chi connectivity index (χ1v) is 4.97. The van der Waals surface area contributed by atoms with Crippen LogP contribution in [0, 0.1) is 5.82 Å². The Bertz CT molecular complexity index is 564. The molecule has 0 aliphatic carbocycles. The van der Waals surface area contributed by atoms with E-state index >= 15 is 0 Å². The van der Waals surface area contributed by atoms with E-state index in [2.05, 4.69) is 4.98 Å². The van der Waals surface area contributed by atoms with Gasteiger partial charge in [0, 0.05) is 12.6 Å². The van der Waals surface area contributed by atoms with Gasteiger partial charge in [0.2, 0.25) is 0 Å². The number of nitrogens with zero attached hydrogens (tertiary/aromatic N) is 2. The Morgan fingerprint density at radius 1 is 1.47 bits per heavy atom. The topological polar surface area (TPSA) is 44.1 Å². The summed E-state index contributed by atoms with van der Waals surface area (Å²) in [5, 5.41) is 0. The highest BCUT2D eigenvalue weighted by Crippen LogP contribution is 2.31. The van der Waals surface area contributed by atoms with Gasteiger partial charge in [0.05, 0.1) is 13.4 Å². The zero-order valence-corrected chi connectivity index (χ0v) is 9.48. The number of aromatic nitrogens is 2. The molecule has 0 amide bonds. The summed E-state index contributed by atoms with van der Waals surface area (Å²) in [6.07, 6.45) is 2.19. The predicted octanol–water partition coefficient (Wildman–Crippen LogP) is 2.05. The molecule has 0 N–H and O–H groups in total. The van der Waals surface area contributed by atoms with Crippen molar-refractivity contribution in [2.45, 2.75) is 0 Å². The van der Waals surface area contributed by atoms with Crippen LogP contribution in [0.3, 0.4) is 0 Å². The SMILES string of the molecule is COc1ccc(F)cc1-c1ncn(C)c1C=O. The Morgan fingerprint density at radius 3 is 2.88 bits per heavy atom. The molecular formula is C12H11FN2O2. The number of imidazole rings is 1. The van der Waals surface area contributed by atoms with Crippen molar-refractivity contribution in [3.8, 4) is 17.0 Å². The van der Waals surface area contributed by atoms with E-state index in [1.807, 2.05) is 0 Å². The van der Waals surface area contributed by atoms with Gasteiger partial charge in [0.25, 0.3) is 0 Å². The monoisotopic (exact) mass is 234 g/mol. The molecule has 1 aromatic heterocycles. The van der Waals surface area contributed by atoms with Crippen molar-refractivity contribution < 1.29 is 13.9 Å². The van der Waals surface area contributed by atoms with E-state index in [0.717, 1.165) is 0 Å². The maximum atomic E-state index is 13.2. The maximum Gasteiger partial charge on any atom is 0.168 e. The van der Waals surface area contributed by atoms with Crippen LogP contribution in [-0.2, 0) is 7.05 Å². The fraction of sp³-hybridized carbons (Fsp3) is 0.167. The minimum absolute atomic E-state index is 0.383. The Hall–Kier alpha value is -2.17. The maximum absolute atomic E-state index is 13.2. The number of methoxy groups -OCH3 is 1. The quantitative estimate of drug-likeness (QED) is 0.763. The van der Waals surface area contributed by atoms with Gasteiger partial charge in [-0.2, -0.15) is 0 Å². The van der Waals surface area contributed by atoms with Crippen LogP contribution in [0.15, 0.2) is 24.5 Å². The number of aryl methyl sites for hydroxylation is 1. The second-order valence-electron chi connectivity index (χ2n) is 3.55. The highest BCUT2D eigenvalue weighted by molar-refractivity contribution is 5.85. The lowest BCUT2D eigenvalue weighted by molar-refractivity contribution is 0.111. The van der Waals surface area contributed by atoms with Crippen LogP contribution < -0.4 is 4.74 Å². The van der Waals surface area contributed by atoms with Crippen LogP contribution in [-0.4, -0.2) is 22.9 Å². The second kappa shape index (κ2) is 4.37. The number of hydrogen-bond donors (Lipinski definition) is 0. The molecule has 4 nitrogen and oxygen atoms in total. The molecule has 0 saturated carbocycles. The van der Waals surface area contributed by atoms with Crippen molar-refractivity contribution in [3.05, 3.63) is 36.0 Å². The first kappa shape index (κ1) is 11.3. The van der Waals surface area contributed by atoms with Gasteiger partial charge in [-0.05, 0) is 18.2 Å². The van der Waals surface area contributed by atoms with Gasteiger partial charge in [0.15, 0.2) is 6.29 Å². The number of rotatable bonds is 3. The molecule has 0 aliphatic heterocycles. The Labute approximate surface area is 97.7 Å². The van der Waals surface area contributed by atoms with Gasteiger partial charge in [-0.1, -0.05) is 0 Å². The summed E-state index contributed by atoms with van der Waals surface area (Å²) in [6, 6.07) is 4.11. The van der Waals surface area contributed by atoms with Gasteiger partial charge >= 0.3 is 0 Å². The third kappa shape index (κ3) is 1.91. The molecule has 2 aromatic rings. The number of hydrogen-bond acceptors (Lipinski definition) is 3. The Balaban J connectivity index is 2.66. The fourth-order valence-electron chi connectivity index (χ4n) is 1.65. The van der Waals surface area contributed by atoms with Crippen LogP contribution in [0.2, 0.25) is 0 Å². The average molecular weight is 234 g/mol. The summed E-state index contributed by atoms with van der Waals surface area (Å²) in [5.74, 6) is 0.0801. The first-order valence-electron chi connectivity index (χ1n) is 4.97. The Morgan fingerprint density at radius 2 is 2.24 bits per heavy atom. The molecule has 0 spiro atoms. The van der Waals surface area contributed by atoms with Gasteiger partial charge in [-0.3, -0.25) is 4.79 Å². The van der Waals surface area contributed by atoms with Crippen LogP contribution in [0.5, 0.6) is 5.75 Å². The van der Waals surface area contributed by atoms with E-state index in [-0.39, 0.29) is 0 Å². The molecule has 88 valence electrons. The summed E-state index contributed by atoms with van der Waals surface area (Å²) < 4.78 is 19.9. The van der Waals surface area contributed by atoms with Gasteiger partial charge in [-0.15, -0.1) is 0 Å². The zero-order valence-electron chi connectivity index (χ0n) is 9.48. The molecule has 0 aliphatic rings. The highest BCUT2D eigenvalue weighted by atomic mass is 19.1. The standard InChI is InChI=1S/C12H11FN2O2/c1-15-7-14-12(10(15)6-16)9-5-8(13)3-4-11(9)17-2/h3-7H,1-2H3. The van der Waals surface area contributed by atoms with E-state index in [1.165, 1.54) is 31.6 Å². The minimum atomic E-state index is -0.400. The summed E-state index contributed by atoms with van der Waals surface area (Å²) in [5.41, 5.74) is 1.27. The molecule has 0 saturated heterocycles. The van der Waals surface area contributed by atoms with Crippen LogP contribution in [0.4, 0.5) is 4.39 Å². The van der Waals surface area contributed by atoms with Crippen molar-refractivity contribution in [3.63, 3.8) is 0 Å². The van der Waals surface area contributed by atoms with Crippen molar-refractivity contribution in [1.29, 1.82) is 0 Å². The van der Waals surface area contributed by atoms with Crippen molar-refractivity contribution in [2.24, 2.45) is 7.05 Å². The zero-order chi connectivity index (χ0) is 12.4. The van der Waals surface area contributed by atoms with E-state index in [1.54, 1.807) is 11.6 Å². The first-order chi connectivity index (χ1) is 8.17. The number of carbonyl (C=O) groups is 1. The third-order valence-corrected chi connectivity index (χ3v) is 2.51. The van der Waals surface area contributed by atoms with Crippen molar-refractivity contribution in [1.82, 2.24) is 9.55 Å². The van der Waals surface area contributed by atoms with Crippen LogP contribution in [0.25, 0.3) is 11.3 Å². The molecule has 0 atom stereocenters. The number of aldehydes is 1. The molecule has 0 fully saturated rings. The summed E-state index contributed by atoms with van der Waals surface area (Å²) in [7, 11) is 3.19. The fourth-order valence-corrected chi connectivity index (χ4v) is 1.65. The molecular weight excluding hydrogens is 223 g/mol. The van der Waals surface area contributed by atoms with Gasteiger partial charge in [-0.25, -0.2) is 9.37 Å². The normalized spacial score (nSPS) is 10.3. The molecule has 2 rings (SSSR count). The minimum Gasteiger partial charge on any atom is -0.496 e. The molecule has 0 radical (unpaired) electrons. The summed E-state index contributed by atoms with van der Waals surface area (Å²) >= 11 is 0. The second-order valence-corrected chi connectivity index (χ2v) is 3.55. The van der Waals surface area contributed by atoms with E-state index in [9.17, 15) is 9.18 Å². The number of halogens is 1. The van der Waals surface area contributed by atoms with Crippen LogP contribution in [0.1, 0.15) is 10.5 Å². The molecule has 1 aromatic carbocycles. The predicted molar refractivity (Wildman–Crippen MR) is 60.5 cm³/mol. The van der Waals surface area contributed by atoms with Gasteiger partial charge < -0.3 is 9.30 Å². The largest absolute Gasteiger partial charge is 0.496 e. The summed E-state index contributed by atoms with van der Waals surface area (Å²) in [4.78, 5) is 15.1. The number of carbonyl (C=O) groups excluding carboxylic acids is 1. The van der Waals surface area contributed by atoms with E-state index < -0.39 is 5.82 Å². The molecule has 5 heteroatoms. The molecule has 1 heterocycles. The molecule has 17 heavy (non-hydrogen) atoms. The van der Waals surface area contributed by atoms with Crippen LogP contribution >= 0.6 is 0 Å². The van der Waals surface area contributed by atoms with E-state index in [4.69, 9.17) is 4.74 Å². The lowest BCUT2D eigenvalue weighted by atomic mass is 10.1. The molecule has 0 bridgehead atoms. The highest BCUT2D eigenvalue weighted by Gasteiger charge is 2.15. The van der Waals surface area contributed by atoms with Crippen molar-refractivity contribution >= 4 is 6.29 Å². The average Bonchev–Trinajstić information content (AvgIpc) is 2.70. The number of benzene rings is 1. The van der Waals surface area contributed by atoms with E-state index in [0.29, 0.717) is 29.0 Å². The molecule has 0 unspecified atom stereocenters. The third-order valence-electron chi connectivity index (χ3n) is 2.51. The Kier molecular flexibility index (Phi) is 2.91. The smallest absolute Gasteiger partial charge is 0.168 e. The lowest BCUT2D eigenvalue weighted by Gasteiger charge is -2.07.